The van der Waals surface area contributed by atoms with E-state index in [9.17, 15) is 8.42 Å². The second-order valence-electron chi connectivity index (χ2n) is 5.54. The molecule has 0 aromatic carbocycles. The number of hydrogen-bond acceptors (Lipinski definition) is 6. The summed E-state index contributed by atoms with van der Waals surface area (Å²) in [4.78, 5) is 6.76. The van der Waals surface area contributed by atoms with Crippen molar-refractivity contribution in [3.05, 3.63) is 40.2 Å². The van der Waals surface area contributed by atoms with E-state index >= 15 is 0 Å². The Morgan fingerprint density at radius 2 is 2.38 bits per heavy atom. The molecule has 3 rings (SSSR count). The van der Waals surface area contributed by atoms with E-state index in [1.54, 1.807) is 6.26 Å². The van der Waals surface area contributed by atoms with Crippen molar-refractivity contribution in [2.75, 3.05) is 19.3 Å². The van der Waals surface area contributed by atoms with Gasteiger partial charge in [-0.2, -0.15) is 0 Å². The van der Waals surface area contributed by atoms with Gasteiger partial charge in [0.25, 0.3) is 0 Å². The van der Waals surface area contributed by atoms with Crippen LogP contribution in [0.3, 0.4) is 0 Å². The van der Waals surface area contributed by atoms with Crippen molar-refractivity contribution in [2.45, 2.75) is 24.6 Å². The Labute approximate surface area is 128 Å². The van der Waals surface area contributed by atoms with Crippen LogP contribution in [0.4, 0.5) is 0 Å². The lowest BCUT2D eigenvalue weighted by Crippen LogP contribution is -2.20. The summed E-state index contributed by atoms with van der Waals surface area (Å²) in [5.41, 5.74) is 0.957. The monoisotopic (exact) mass is 326 g/mol. The predicted molar refractivity (Wildman–Crippen MR) is 82.0 cm³/mol. The first-order valence-electron chi connectivity index (χ1n) is 6.86. The minimum Gasteiger partial charge on any atom is -0.469 e. The molecule has 0 amide bonds. The van der Waals surface area contributed by atoms with Gasteiger partial charge in [-0.05, 0) is 25.1 Å². The van der Waals surface area contributed by atoms with Crippen molar-refractivity contribution in [2.24, 2.45) is 0 Å². The molecule has 0 radical (unpaired) electrons. The first-order chi connectivity index (χ1) is 9.99. The van der Waals surface area contributed by atoms with Gasteiger partial charge in [-0.15, -0.1) is 11.3 Å². The molecular formula is C14H18N2O3S2. The fourth-order valence-electron chi connectivity index (χ4n) is 2.67. The smallest absolute Gasteiger partial charge is 0.153 e. The second-order valence-corrected chi connectivity index (χ2v) is 8.62. The summed E-state index contributed by atoms with van der Waals surface area (Å²) in [6.07, 6.45) is 4.05. The van der Waals surface area contributed by atoms with Crippen LogP contribution in [0.15, 0.2) is 28.2 Å². The zero-order chi connectivity index (χ0) is 14.9. The summed E-state index contributed by atoms with van der Waals surface area (Å²) in [6.45, 7) is 2.76. The SMILES string of the molecule is CS(=O)(=O)Cc1nc(CN2CCC(c3ccco3)C2)cs1. The van der Waals surface area contributed by atoms with Crippen LogP contribution in [0, 0.1) is 0 Å². The highest BCUT2D eigenvalue weighted by Gasteiger charge is 2.26. The highest BCUT2D eigenvalue weighted by molar-refractivity contribution is 7.90. The van der Waals surface area contributed by atoms with Crippen LogP contribution in [-0.4, -0.2) is 37.6 Å². The van der Waals surface area contributed by atoms with Gasteiger partial charge in [0.15, 0.2) is 9.84 Å². The molecule has 1 aliphatic rings. The van der Waals surface area contributed by atoms with Crippen LogP contribution < -0.4 is 0 Å². The molecule has 21 heavy (non-hydrogen) atoms. The van der Waals surface area contributed by atoms with Crippen LogP contribution in [0.2, 0.25) is 0 Å². The third-order valence-electron chi connectivity index (χ3n) is 3.59. The van der Waals surface area contributed by atoms with Gasteiger partial charge in [0.1, 0.15) is 16.5 Å². The van der Waals surface area contributed by atoms with Crippen LogP contribution in [0.5, 0.6) is 0 Å². The largest absolute Gasteiger partial charge is 0.469 e. The summed E-state index contributed by atoms with van der Waals surface area (Å²) in [5.74, 6) is 1.54. The molecule has 1 atom stereocenters. The normalized spacial score (nSPS) is 20.1. The van der Waals surface area contributed by atoms with E-state index in [2.05, 4.69) is 9.88 Å². The van der Waals surface area contributed by atoms with Gasteiger partial charge in [-0.25, -0.2) is 13.4 Å². The van der Waals surface area contributed by atoms with E-state index in [1.807, 2.05) is 17.5 Å². The first-order valence-corrected chi connectivity index (χ1v) is 9.80. The average Bonchev–Trinajstić information content (AvgIpc) is 3.08. The van der Waals surface area contributed by atoms with E-state index in [4.69, 9.17) is 4.42 Å². The van der Waals surface area contributed by atoms with E-state index in [0.717, 1.165) is 37.5 Å². The maximum absolute atomic E-state index is 11.3. The number of hydrogen-bond donors (Lipinski definition) is 0. The summed E-state index contributed by atoms with van der Waals surface area (Å²) < 4.78 is 28.0. The zero-order valence-electron chi connectivity index (χ0n) is 11.9. The Kier molecular flexibility index (Phi) is 4.14. The van der Waals surface area contributed by atoms with Crippen LogP contribution >= 0.6 is 11.3 Å². The maximum Gasteiger partial charge on any atom is 0.153 e. The van der Waals surface area contributed by atoms with Gasteiger partial charge in [-0.3, -0.25) is 4.90 Å². The molecule has 2 aromatic heterocycles. The lowest BCUT2D eigenvalue weighted by atomic mass is 10.1. The summed E-state index contributed by atoms with van der Waals surface area (Å²) >= 11 is 1.42. The standard InChI is InChI=1S/C14H18N2O3S2/c1-21(17,18)10-14-15-12(9-20-14)8-16-5-4-11(7-16)13-3-2-6-19-13/h2-3,6,9,11H,4-5,7-8,10H2,1H3. The van der Waals surface area contributed by atoms with Crippen molar-refractivity contribution in [3.63, 3.8) is 0 Å². The minimum absolute atomic E-state index is 0.0344. The van der Waals surface area contributed by atoms with Gasteiger partial charge in [0, 0.05) is 30.6 Å². The van der Waals surface area contributed by atoms with E-state index in [-0.39, 0.29) is 5.75 Å². The molecule has 0 aliphatic carbocycles. The van der Waals surface area contributed by atoms with Gasteiger partial charge >= 0.3 is 0 Å². The lowest BCUT2D eigenvalue weighted by molar-refractivity contribution is 0.318. The fraction of sp³-hybridized carbons (Fsp3) is 0.500. The molecule has 1 fully saturated rings. The Bertz CT molecular complexity index is 692. The third-order valence-corrected chi connectivity index (χ3v) is 5.47. The van der Waals surface area contributed by atoms with Crippen LogP contribution in [-0.2, 0) is 22.1 Å². The minimum atomic E-state index is -3.01. The number of furan rings is 1. The molecule has 114 valence electrons. The molecule has 5 nitrogen and oxygen atoms in total. The third kappa shape index (κ3) is 3.93. The van der Waals surface area contributed by atoms with Gasteiger partial charge in [0.05, 0.1) is 12.0 Å². The maximum atomic E-state index is 11.3. The summed E-state index contributed by atoms with van der Waals surface area (Å²) in [5, 5.41) is 2.63. The first kappa shape index (κ1) is 14.7. The molecule has 7 heteroatoms. The summed E-state index contributed by atoms with van der Waals surface area (Å²) in [7, 11) is -3.01. The Hall–Kier alpha value is -1.18. The highest BCUT2D eigenvalue weighted by atomic mass is 32.2. The van der Waals surface area contributed by atoms with E-state index in [1.165, 1.54) is 17.6 Å². The number of sulfone groups is 1. The highest BCUT2D eigenvalue weighted by Crippen LogP contribution is 2.28. The molecule has 3 heterocycles. The van der Waals surface area contributed by atoms with Crippen molar-refractivity contribution in [1.29, 1.82) is 0 Å². The van der Waals surface area contributed by atoms with Gasteiger partial charge in [-0.1, -0.05) is 0 Å². The predicted octanol–water partition coefficient (Wildman–Crippen LogP) is 2.27. The van der Waals surface area contributed by atoms with E-state index in [0.29, 0.717) is 10.9 Å². The lowest BCUT2D eigenvalue weighted by Gasteiger charge is -2.13. The number of thiazole rings is 1. The second kappa shape index (κ2) is 5.90. The van der Waals surface area contributed by atoms with Crippen molar-refractivity contribution < 1.29 is 12.8 Å². The number of rotatable bonds is 5. The van der Waals surface area contributed by atoms with Crippen LogP contribution in [0.1, 0.15) is 28.8 Å². The number of nitrogens with zero attached hydrogens (tertiary/aromatic N) is 2. The van der Waals surface area contributed by atoms with Gasteiger partial charge in [0.2, 0.25) is 0 Å². The molecule has 1 saturated heterocycles. The zero-order valence-corrected chi connectivity index (χ0v) is 13.5. The Balaban J connectivity index is 1.58. The molecule has 0 bridgehead atoms. The van der Waals surface area contributed by atoms with Crippen molar-refractivity contribution in [1.82, 2.24) is 9.88 Å². The van der Waals surface area contributed by atoms with Crippen molar-refractivity contribution in [3.8, 4) is 0 Å². The molecular weight excluding hydrogens is 308 g/mol. The Morgan fingerprint density at radius 1 is 1.52 bits per heavy atom. The fourth-order valence-corrected chi connectivity index (χ4v) is 4.67. The topological polar surface area (TPSA) is 63.4 Å². The molecule has 0 spiro atoms. The van der Waals surface area contributed by atoms with Gasteiger partial charge < -0.3 is 4.42 Å². The quantitative estimate of drug-likeness (QED) is 0.843. The molecule has 0 N–H and O–H groups in total. The number of aromatic nitrogens is 1. The van der Waals surface area contributed by atoms with Crippen LogP contribution in [0.25, 0.3) is 0 Å². The summed E-state index contributed by atoms with van der Waals surface area (Å²) in [6, 6.07) is 3.96. The molecule has 1 aliphatic heterocycles. The number of likely N-dealkylation sites (tertiary alicyclic amines) is 1. The Morgan fingerprint density at radius 3 is 3.10 bits per heavy atom. The van der Waals surface area contributed by atoms with Crippen molar-refractivity contribution >= 4 is 21.2 Å². The molecule has 0 saturated carbocycles. The van der Waals surface area contributed by atoms with E-state index < -0.39 is 9.84 Å². The average molecular weight is 326 g/mol. The molecule has 1 unspecified atom stereocenters. The molecule has 2 aromatic rings.